The van der Waals surface area contributed by atoms with E-state index in [9.17, 15) is 9.59 Å². The van der Waals surface area contributed by atoms with Crippen LogP contribution in [-0.4, -0.2) is 35.0 Å². The molecule has 0 saturated heterocycles. The fourth-order valence-corrected chi connectivity index (χ4v) is 1.95. The van der Waals surface area contributed by atoms with Gasteiger partial charge in [-0.3, -0.25) is 4.79 Å². The third-order valence-electron chi connectivity index (χ3n) is 2.78. The van der Waals surface area contributed by atoms with Gasteiger partial charge >= 0.3 is 5.97 Å². The van der Waals surface area contributed by atoms with Gasteiger partial charge in [0.1, 0.15) is 6.04 Å². The van der Waals surface area contributed by atoms with Gasteiger partial charge in [-0.15, -0.1) is 0 Å². The first-order valence-electron chi connectivity index (χ1n) is 5.68. The van der Waals surface area contributed by atoms with E-state index in [1.807, 2.05) is 0 Å². The number of likely N-dealkylation sites (N-methyl/N-ethyl adjacent to an activating group) is 1. The lowest BCUT2D eigenvalue weighted by Gasteiger charge is -2.23. The van der Waals surface area contributed by atoms with Crippen LogP contribution in [0.2, 0.25) is 5.02 Å². The van der Waals surface area contributed by atoms with Gasteiger partial charge in [0.25, 0.3) is 0 Å². The Balaban J connectivity index is 2.73. The SMILES string of the molecule is CCC(C(=O)O)N(C)C(=O)Cc1cccc(Cl)c1. The van der Waals surface area contributed by atoms with Crippen molar-refractivity contribution in [3.05, 3.63) is 34.9 Å². The van der Waals surface area contributed by atoms with Crippen molar-refractivity contribution in [2.24, 2.45) is 0 Å². The number of carboxylic acids is 1. The zero-order valence-electron chi connectivity index (χ0n) is 10.4. The van der Waals surface area contributed by atoms with E-state index in [1.54, 1.807) is 31.2 Å². The van der Waals surface area contributed by atoms with Gasteiger partial charge in [-0.05, 0) is 24.1 Å². The van der Waals surface area contributed by atoms with Crippen LogP contribution in [0.1, 0.15) is 18.9 Å². The minimum atomic E-state index is -0.987. The standard InChI is InChI=1S/C13H16ClNO3/c1-3-11(13(17)18)15(2)12(16)8-9-5-4-6-10(14)7-9/h4-7,11H,3,8H2,1-2H3,(H,17,18). The molecule has 1 rings (SSSR count). The van der Waals surface area contributed by atoms with Gasteiger partial charge in [0.05, 0.1) is 6.42 Å². The molecule has 0 aliphatic rings. The summed E-state index contributed by atoms with van der Waals surface area (Å²) in [7, 11) is 1.51. The van der Waals surface area contributed by atoms with Crippen molar-refractivity contribution in [2.75, 3.05) is 7.05 Å². The van der Waals surface area contributed by atoms with Crippen molar-refractivity contribution in [2.45, 2.75) is 25.8 Å². The van der Waals surface area contributed by atoms with E-state index in [2.05, 4.69) is 0 Å². The maximum Gasteiger partial charge on any atom is 0.326 e. The van der Waals surface area contributed by atoms with Gasteiger partial charge in [0.15, 0.2) is 0 Å². The van der Waals surface area contributed by atoms with Crippen molar-refractivity contribution < 1.29 is 14.7 Å². The Hall–Kier alpha value is -1.55. The maximum atomic E-state index is 11.9. The highest BCUT2D eigenvalue weighted by atomic mass is 35.5. The summed E-state index contributed by atoms with van der Waals surface area (Å²) < 4.78 is 0. The number of nitrogens with zero attached hydrogens (tertiary/aromatic N) is 1. The van der Waals surface area contributed by atoms with Crippen molar-refractivity contribution >= 4 is 23.5 Å². The largest absolute Gasteiger partial charge is 0.480 e. The molecule has 0 heterocycles. The van der Waals surface area contributed by atoms with Crippen LogP contribution in [-0.2, 0) is 16.0 Å². The summed E-state index contributed by atoms with van der Waals surface area (Å²) in [4.78, 5) is 24.2. The van der Waals surface area contributed by atoms with Crippen LogP contribution in [0.5, 0.6) is 0 Å². The Kier molecular flexibility index (Phi) is 5.16. The predicted molar refractivity (Wildman–Crippen MR) is 69.6 cm³/mol. The average Bonchev–Trinajstić information content (AvgIpc) is 2.29. The number of carbonyl (C=O) groups excluding carboxylic acids is 1. The molecule has 1 N–H and O–H groups in total. The topological polar surface area (TPSA) is 57.6 Å². The molecule has 1 aromatic rings. The summed E-state index contributed by atoms with van der Waals surface area (Å²) >= 11 is 5.83. The van der Waals surface area contributed by atoms with Crippen molar-refractivity contribution in [3.63, 3.8) is 0 Å². The Morgan fingerprint density at radius 3 is 2.61 bits per heavy atom. The van der Waals surface area contributed by atoms with E-state index >= 15 is 0 Å². The van der Waals surface area contributed by atoms with E-state index in [0.717, 1.165) is 5.56 Å². The van der Waals surface area contributed by atoms with Crippen molar-refractivity contribution in [1.82, 2.24) is 4.90 Å². The third-order valence-corrected chi connectivity index (χ3v) is 3.01. The number of benzene rings is 1. The Labute approximate surface area is 111 Å². The quantitative estimate of drug-likeness (QED) is 0.892. The van der Waals surface area contributed by atoms with Crippen molar-refractivity contribution in [3.8, 4) is 0 Å². The summed E-state index contributed by atoms with van der Waals surface area (Å²) in [6.07, 6.45) is 0.536. The number of halogens is 1. The lowest BCUT2D eigenvalue weighted by molar-refractivity contribution is -0.148. The summed E-state index contributed by atoms with van der Waals surface area (Å²) in [5, 5.41) is 9.55. The highest BCUT2D eigenvalue weighted by Gasteiger charge is 2.24. The fourth-order valence-electron chi connectivity index (χ4n) is 1.73. The first-order chi connectivity index (χ1) is 8.45. The monoisotopic (exact) mass is 269 g/mol. The second-order valence-electron chi connectivity index (χ2n) is 4.07. The molecule has 0 spiro atoms. The van der Waals surface area contributed by atoms with Gasteiger partial charge in [0.2, 0.25) is 5.91 Å². The van der Waals surface area contributed by atoms with Crippen LogP contribution < -0.4 is 0 Å². The molecule has 0 saturated carbocycles. The molecule has 1 aromatic carbocycles. The number of hydrogen-bond acceptors (Lipinski definition) is 2. The van der Waals surface area contributed by atoms with Crippen LogP contribution in [0.3, 0.4) is 0 Å². The molecule has 0 fully saturated rings. The Morgan fingerprint density at radius 1 is 1.44 bits per heavy atom. The molecular formula is C13H16ClNO3. The molecule has 0 radical (unpaired) electrons. The number of hydrogen-bond donors (Lipinski definition) is 1. The third kappa shape index (κ3) is 3.74. The van der Waals surface area contributed by atoms with E-state index in [-0.39, 0.29) is 12.3 Å². The normalized spacial score (nSPS) is 11.9. The van der Waals surface area contributed by atoms with E-state index in [1.165, 1.54) is 11.9 Å². The second kappa shape index (κ2) is 6.40. The van der Waals surface area contributed by atoms with Crippen LogP contribution in [0.25, 0.3) is 0 Å². The number of amides is 1. The zero-order valence-corrected chi connectivity index (χ0v) is 11.1. The van der Waals surface area contributed by atoms with Crippen LogP contribution in [0, 0.1) is 0 Å². The zero-order chi connectivity index (χ0) is 13.7. The number of carboxylic acid groups (broad SMARTS) is 1. The van der Waals surface area contributed by atoms with Crippen LogP contribution in [0.4, 0.5) is 0 Å². The molecule has 0 bridgehead atoms. The maximum absolute atomic E-state index is 11.9. The molecule has 4 nitrogen and oxygen atoms in total. The molecule has 0 aromatic heterocycles. The van der Waals surface area contributed by atoms with Gasteiger partial charge in [-0.2, -0.15) is 0 Å². The van der Waals surface area contributed by atoms with Gasteiger partial charge in [-0.1, -0.05) is 30.7 Å². The van der Waals surface area contributed by atoms with E-state index in [0.29, 0.717) is 11.4 Å². The lowest BCUT2D eigenvalue weighted by atomic mass is 10.1. The molecule has 18 heavy (non-hydrogen) atoms. The van der Waals surface area contributed by atoms with Gasteiger partial charge < -0.3 is 10.0 Å². The minimum absolute atomic E-state index is 0.154. The second-order valence-corrected chi connectivity index (χ2v) is 4.51. The minimum Gasteiger partial charge on any atom is -0.480 e. The summed E-state index contributed by atoms with van der Waals surface area (Å²) in [6.45, 7) is 1.74. The fraction of sp³-hybridized carbons (Fsp3) is 0.385. The van der Waals surface area contributed by atoms with Gasteiger partial charge in [0, 0.05) is 12.1 Å². The van der Waals surface area contributed by atoms with E-state index in [4.69, 9.17) is 16.7 Å². The summed E-state index contributed by atoms with van der Waals surface area (Å²) in [5.74, 6) is -1.22. The first-order valence-corrected chi connectivity index (χ1v) is 6.06. The smallest absolute Gasteiger partial charge is 0.326 e. The summed E-state index contributed by atoms with van der Waals surface area (Å²) in [6, 6.07) is 6.20. The van der Waals surface area contributed by atoms with Crippen molar-refractivity contribution in [1.29, 1.82) is 0 Å². The van der Waals surface area contributed by atoms with E-state index < -0.39 is 12.0 Å². The Morgan fingerprint density at radius 2 is 2.11 bits per heavy atom. The lowest BCUT2D eigenvalue weighted by Crippen LogP contribution is -2.42. The Bertz CT molecular complexity index is 448. The molecule has 0 aliphatic heterocycles. The first kappa shape index (κ1) is 14.5. The molecule has 1 amide bonds. The van der Waals surface area contributed by atoms with Crippen LogP contribution in [0.15, 0.2) is 24.3 Å². The molecule has 5 heteroatoms. The predicted octanol–water partition coefficient (Wildman–Crippen LogP) is 2.20. The molecule has 0 aliphatic carbocycles. The highest BCUT2D eigenvalue weighted by Crippen LogP contribution is 2.13. The molecule has 98 valence electrons. The molecular weight excluding hydrogens is 254 g/mol. The number of rotatable bonds is 5. The summed E-state index contributed by atoms with van der Waals surface area (Å²) in [5.41, 5.74) is 0.777. The van der Waals surface area contributed by atoms with Gasteiger partial charge in [-0.25, -0.2) is 4.79 Å². The number of aliphatic carboxylic acids is 1. The molecule has 1 unspecified atom stereocenters. The van der Waals surface area contributed by atoms with Crippen LogP contribution >= 0.6 is 11.6 Å². The number of carbonyl (C=O) groups is 2. The highest BCUT2D eigenvalue weighted by molar-refractivity contribution is 6.30. The average molecular weight is 270 g/mol. The molecule has 1 atom stereocenters.